The number of piperidine rings is 1. The van der Waals surface area contributed by atoms with E-state index in [-0.39, 0.29) is 18.4 Å². The number of hydrogen-bond donors (Lipinski definition) is 1. The van der Waals surface area contributed by atoms with E-state index in [9.17, 15) is 13.2 Å². The molecule has 0 spiro atoms. The second-order valence-electron chi connectivity index (χ2n) is 4.53. The van der Waals surface area contributed by atoms with Crippen LogP contribution in [0, 0.1) is 5.92 Å². The van der Waals surface area contributed by atoms with Crippen molar-refractivity contribution in [3.05, 3.63) is 17.5 Å². The number of hydrogen-bond acceptors (Lipinski definition) is 5. The Balaban J connectivity index is 2.05. The Hall–Kier alpha value is -0.960. The Morgan fingerprint density at radius 1 is 1.60 bits per heavy atom. The lowest BCUT2D eigenvalue weighted by molar-refractivity contribution is -0.138. The Labute approximate surface area is 122 Å². The fraction of sp³-hybridized carbons (Fsp3) is 0.583. The molecular weight excluding hydrogens is 300 g/mol. The maximum absolute atomic E-state index is 12.4. The normalized spacial score (nSPS) is 20.8. The van der Waals surface area contributed by atoms with Gasteiger partial charge in [0.2, 0.25) is 5.91 Å². The van der Waals surface area contributed by atoms with Crippen molar-refractivity contribution in [2.45, 2.75) is 24.0 Å². The molecule has 0 aliphatic carbocycles. The number of rotatable bonds is 5. The highest BCUT2D eigenvalue weighted by Gasteiger charge is 2.33. The third-order valence-electron chi connectivity index (χ3n) is 3.16. The van der Waals surface area contributed by atoms with E-state index in [1.54, 1.807) is 24.4 Å². The zero-order valence-electron chi connectivity index (χ0n) is 11.2. The van der Waals surface area contributed by atoms with E-state index in [4.69, 9.17) is 4.84 Å². The summed E-state index contributed by atoms with van der Waals surface area (Å²) in [6.07, 6.45) is 1.35. The molecule has 1 aromatic rings. The maximum Gasteiger partial charge on any atom is 0.252 e. The predicted octanol–water partition coefficient (Wildman–Crippen LogP) is 1.22. The first-order valence-corrected chi connectivity index (χ1v) is 8.83. The molecule has 1 atom stereocenters. The van der Waals surface area contributed by atoms with Gasteiger partial charge in [0.1, 0.15) is 4.21 Å². The highest BCUT2D eigenvalue weighted by molar-refractivity contribution is 7.91. The van der Waals surface area contributed by atoms with Gasteiger partial charge < -0.3 is 0 Å². The smallest absolute Gasteiger partial charge is 0.252 e. The van der Waals surface area contributed by atoms with Crippen LogP contribution in [0.15, 0.2) is 21.7 Å². The molecule has 8 heteroatoms. The summed E-state index contributed by atoms with van der Waals surface area (Å²) in [7, 11) is -3.47. The van der Waals surface area contributed by atoms with E-state index < -0.39 is 10.0 Å². The van der Waals surface area contributed by atoms with Crippen LogP contribution in [0.3, 0.4) is 0 Å². The molecule has 0 aromatic carbocycles. The van der Waals surface area contributed by atoms with Crippen LogP contribution < -0.4 is 5.48 Å². The van der Waals surface area contributed by atoms with Crippen molar-refractivity contribution in [3.63, 3.8) is 0 Å². The van der Waals surface area contributed by atoms with Crippen molar-refractivity contribution in [1.29, 1.82) is 0 Å². The van der Waals surface area contributed by atoms with E-state index in [2.05, 4.69) is 5.48 Å². The summed E-state index contributed by atoms with van der Waals surface area (Å²) in [6, 6.07) is 3.30. The van der Waals surface area contributed by atoms with E-state index in [1.807, 2.05) is 0 Å². The minimum absolute atomic E-state index is 0.207. The second kappa shape index (κ2) is 6.66. The molecule has 0 bridgehead atoms. The van der Waals surface area contributed by atoms with Crippen LogP contribution in [0.1, 0.15) is 19.8 Å². The van der Waals surface area contributed by atoms with Gasteiger partial charge in [-0.2, -0.15) is 4.31 Å². The van der Waals surface area contributed by atoms with Crippen molar-refractivity contribution in [2.75, 3.05) is 19.7 Å². The van der Waals surface area contributed by atoms with Gasteiger partial charge in [0.05, 0.1) is 12.5 Å². The monoisotopic (exact) mass is 318 g/mol. The van der Waals surface area contributed by atoms with Crippen LogP contribution in [0.5, 0.6) is 0 Å². The lowest BCUT2D eigenvalue weighted by atomic mass is 9.99. The second-order valence-corrected chi connectivity index (χ2v) is 7.65. The highest BCUT2D eigenvalue weighted by Crippen LogP contribution is 2.26. The molecule has 1 aromatic heterocycles. The standard InChI is InChI=1S/C12H18N2O4S2/c1-2-18-13-12(15)10-5-3-7-14(9-10)20(16,17)11-6-4-8-19-11/h4,6,8,10H,2-3,5,7,9H2,1H3,(H,13,15). The minimum atomic E-state index is -3.47. The number of amides is 1. The molecule has 112 valence electrons. The van der Waals surface area contributed by atoms with Gasteiger partial charge in [-0.1, -0.05) is 6.07 Å². The zero-order chi connectivity index (χ0) is 14.6. The summed E-state index contributed by atoms with van der Waals surface area (Å²) in [6.45, 7) is 2.82. The van der Waals surface area contributed by atoms with Crippen molar-refractivity contribution in [3.8, 4) is 0 Å². The molecule has 1 saturated heterocycles. The van der Waals surface area contributed by atoms with Crippen LogP contribution in [-0.4, -0.2) is 38.3 Å². The fourth-order valence-electron chi connectivity index (χ4n) is 2.14. The summed E-state index contributed by atoms with van der Waals surface area (Å²) < 4.78 is 26.5. The number of nitrogens with zero attached hydrogens (tertiary/aromatic N) is 1. The maximum atomic E-state index is 12.4. The molecule has 6 nitrogen and oxygen atoms in total. The molecule has 1 fully saturated rings. The average molecular weight is 318 g/mol. The molecule has 20 heavy (non-hydrogen) atoms. The topological polar surface area (TPSA) is 75.7 Å². The molecule has 2 heterocycles. The highest BCUT2D eigenvalue weighted by atomic mass is 32.2. The van der Waals surface area contributed by atoms with Gasteiger partial charge in [0, 0.05) is 13.1 Å². The van der Waals surface area contributed by atoms with E-state index >= 15 is 0 Å². The number of carbonyl (C=O) groups excluding carboxylic acids is 1. The number of sulfonamides is 1. The van der Waals surface area contributed by atoms with Crippen LogP contribution in [0.2, 0.25) is 0 Å². The molecule has 0 saturated carbocycles. The van der Waals surface area contributed by atoms with Crippen LogP contribution in [-0.2, 0) is 19.7 Å². The molecule has 1 unspecified atom stereocenters. The zero-order valence-corrected chi connectivity index (χ0v) is 12.9. The third kappa shape index (κ3) is 3.38. The van der Waals surface area contributed by atoms with Crippen molar-refractivity contribution in [2.24, 2.45) is 5.92 Å². The number of carbonyl (C=O) groups is 1. The van der Waals surface area contributed by atoms with Gasteiger partial charge in [0.15, 0.2) is 0 Å². The summed E-state index contributed by atoms with van der Waals surface area (Å²) in [4.78, 5) is 16.7. The van der Waals surface area contributed by atoms with Crippen molar-refractivity contribution in [1.82, 2.24) is 9.79 Å². The van der Waals surface area contributed by atoms with E-state index in [0.717, 1.165) is 0 Å². The Morgan fingerprint density at radius 2 is 2.40 bits per heavy atom. The van der Waals surface area contributed by atoms with E-state index in [1.165, 1.54) is 15.6 Å². The van der Waals surface area contributed by atoms with Crippen LogP contribution in [0.25, 0.3) is 0 Å². The van der Waals surface area contributed by atoms with Crippen molar-refractivity contribution >= 4 is 27.3 Å². The molecule has 1 amide bonds. The quantitative estimate of drug-likeness (QED) is 0.828. The first-order chi connectivity index (χ1) is 9.55. The Kier molecular flexibility index (Phi) is 5.14. The van der Waals surface area contributed by atoms with Gasteiger partial charge in [-0.15, -0.1) is 11.3 Å². The molecule has 1 aliphatic rings. The van der Waals surface area contributed by atoms with Gasteiger partial charge >= 0.3 is 0 Å². The Bertz CT molecular complexity index is 542. The van der Waals surface area contributed by atoms with Crippen molar-refractivity contribution < 1.29 is 18.0 Å². The largest absolute Gasteiger partial charge is 0.274 e. The number of nitrogens with one attached hydrogen (secondary N) is 1. The van der Waals surface area contributed by atoms with E-state index in [0.29, 0.717) is 30.2 Å². The lowest BCUT2D eigenvalue weighted by Crippen LogP contribution is -2.45. The predicted molar refractivity (Wildman–Crippen MR) is 75.6 cm³/mol. The summed E-state index contributed by atoms with van der Waals surface area (Å²) >= 11 is 1.19. The Morgan fingerprint density at radius 3 is 3.05 bits per heavy atom. The first kappa shape index (κ1) is 15.4. The van der Waals surface area contributed by atoms with Gasteiger partial charge in [-0.05, 0) is 31.2 Å². The molecule has 1 aliphatic heterocycles. The van der Waals surface area contributed by atoms with Crippen LogP contribution >= 0.6 is 11.3 Å². The lowest BCUT2D eigenvalue weighted by Gasteiger charge is -2.30. The summed E-state index contributed by atoms with van der Waals surface area (Å²) in [5.41, 5.74) is 2.35. The first-order valence-electron chi connectivity index (χ1n) is 6.51. The minimum Gasteiger partial charge on any atom is -0.274 e. The molecule has 1 N–H and O–H groups in total. The summed E-state index contributed by atoms with van der Waals surface area (Å²) in [5.74, 6) is -0.608. The fourth-order valence-corrected chi connectivity index (χ4v) is 4.81. The number of thiophene rings is 1. The SMILES string of the molecule is CCONC(=O)C1CCCN(S(=O)(=O)c2cccs2)C1. The van der Waals surface area contributed by atoms with Crippen LogP contribution in [0.4, 0.5) is 0 Å². The van der Waals surface area contributed by atoms with Gasteiger partial charge in [0.25, 0.3) is 10.0 Å². The number of hydroxylamine groups is 1. The third-order valence-corrected chi connectivity index (χ3v) is 6.40. The molecule has 2 rings (SSSR count). The molecular formula is C12H18N2O4S2. The van der Waals surface area contributed by atoms with Gasteiger partial charge in [-0.25, -0.2) is 13.9 Å². The average Bonchev–Trinajstić information content (AvgIpc) is 2.99. The molecule has 0 radical (unpaired) electrons. The summed E-state index contributed by atoms with van der Waals surface area (Å²) in [5, 5.41) is 1.73. The van der Waals surface area contributed by atoms with Gasteiger partial charge in [-0.3, -0.25) is 9.63 Å².